The molecule has 168 valence electrons. The van der Waals surface area contributed by atoms with Gasteiger partial charge in [0.25, 0.3) is 0 Å². The van der Waals surface area contributed by atoms with Crippen LogP contribution in [-0.4, -0.2) is 51.7 Å². The van der Waals surface area contributed by atoms with Crippen molar-refractivity contribution in [3.05, 3.63) is 71.7 Å². The second-order valence-electron chi connectivity index (χ2n) is 8.51. The molecule has 0 amide bonds. The highest BCUT2D eigenvalue weighted by Gasteiger charge is 2.22. The fraction of sp³-hybridized carbons (Fsp3) is 0.360. The molecule has 2 atom stereocenters. The van der Waals surface area contributed by atoms with Crippen LogP contribution in [0.3, 0.4) is 0 Å². The van der Waals surface area contributed by atoms with E-state index in [1.54, 1.807) is 24.4 Å². The van der Waals surface area contributed by atoms with E-state index in [2.05, 4.69) is 39.3 Å². The van der Waals surface area contributed by atoms with Gasteiger partial charge < -0.3 is 15.7 Å². The molecule has 0 bridgehead atoms. The van der Waals surface area contributed by atoms with E-state index in [-0.39, 0.29) is 11.6 Å². The first-order chi connectivity index (χ1) is 15.5. The molecule has 32 heavy (non-hydrogen) atoms. The Morgan fingerprint density at radius 2 is 2.03 bits per heavy atom. The molecule has 6 nitrogen and oxygen atoms in total. The first-order valence-corrected chi connectivity index (χ1v) is 11.1. The van der Waals surface area contributed by atoms with Crippen LogP contribution in [0.25, 0.3) is 11.3 Å². The number of aromatic nitrogens is 2. The molecule has 1 aliphatic heterocycles. The molecule has 3 aromatic rings. The maximum Gasteiger partial charge on any atom is 0.223 e. The third kappa shape index (κ3) is 5.60. The monoisotopic (exact) mass is 435 g/mol. The van der Waals surface area contributed by atoms with Crippen LogP contribution in [0.2, 0.25) is 0 Å². The Balaban J connectivity index is 1.45. The van der Waals surface area contributed by atoms with Crippen molar-refractivity contribution in [1.82, 2.24) is 20.2 Å². The zero-order valence-corrected chi connectivity index (χ0v) is 18.6. The molecule has 7 heteroatoms. The van der Waals surface area contributed by atoms with E-state index in [0.29, 0.717) is 42.3 Å². The predicted octanol–water partition coefficient (Wildman–Crippen LogP) is 3.83. The molecule has 4 rings (SSSR count). The maximum absolute atomic E-state index is 14.7. The standard InChI is InChI=1S/C25H30FN5O/c1-17-15-31(18(2)14-29-17)16-20-6-7-23(26)22(13-20)24-9-11-28-25(30-24)27-10-8-19-4-3-5-21(32)12-19/h3-7,9,11-13,17-18,29,32H,8,10,14-16H2,1-2H3,(H,27,28,30)/t17-,18+/m1/s1. The summed E-state index contributed by atoms with van der Waals surface area (Å²) in [5.74, 6) is 0.415. The number of rotatable bonds is 7. The maximum atomic E-state index is 14.7. The first kappa shape index (κ1) is 22.2. The normalized spacial score (nSPS) is 19.1. The highest BCUT2D eigenvalue weighted by Crippen LogP contribution is 2.24. The zero-order chi connectivity index (χ0) is 22.5. The molecule has 2 heterocycles. The lowest BCUT2D eigenvalue weighted by molar-refractivity contribution is 0.139. The predicted molar refractivity (Wildman–Crippen MR) is 125 cm³/mol. The summed E-state index contributed by atoms with van der Waals surface area (Å²) in [5.41, 5.74) is 3.13. The van der Waals surface area contributed by atoms with E-state index in [0.717, 1.165) is 30.8 Å². The molecule has 0 spiro atoms. The number of halogens is 1. The quantitative estimate of drug-likeness (QED) is 0.524. The summed E-state index contributed by atoms with van der Waals surface area (Å²) < 4.78 is 14.7. The van der Waals surface area contributed by atoms with Crippen LogP contribution in [0.15, 0.2) is 54.7 Å². The third-order valence-corrected chi connectivity index (χ3v) is 5.85. The topological polar surface area (TPSA) is 73.3 Å². The fourth-order valence-corrected chi connectivity index (χ4v) is 4.04. The van der Waals surface area contributed by atoms with Gasteiger partial charge in [0.2, 0.25) is 5.95 Å². The summed E-state index contributed by atoms with van der Waals surface area (Å²) in [5, 5.41) is 16.3. The number of phenolic OH excluding ortho intramolecular Hbond substituents is 1. The van der Waals surface area contributed by atoms with Crippen LogP contribution in [0.4, 0.5) is 10.3 Å². The minimum absolute atomic E-state index is 0.251. The van der Waals surface area contributed by atoms with Crippen molar-refractivity contribution in [3.8, 4) is 17.0 Å². The lowest BCUT2D eigenvalue weighted by Gasteiger charge is -2.37. The Bertz CT molecular complexity index is 1060. The van der Waals surface area contributed by atoms with Crippen LogP contribution in [0, 0.1) is 5.82 Å². The number of anilines is 1. The van der Waals surface area contributed by atoms with Gasteiger partial charge >= 0.3 is 0 Å². The van der Waals surface area contributed by atoms with Crippen LogP contribution in [0.5, 0.6) is 5.75 Å². The number of hydrogen-bond donors (Lipinski definition) is 3. The molecule has 1 fully saturated rings. The number of phenols is 1. The number of hydrogen-bond acceptors (Lipinski definition) is 6. The van der Waals surface area contributed by atoms with Crippen LogP contribution >= 0.6 is 0 Å². The summed E-state index contributed by atoms with van der Waals surface area (Å²) in [6.07, 6.45) is 2.36. The number of nitrogens with one attached hydrogen (secondary N) is 2. The van der Waals surface area contributed by atoms with Gasteiger partial charge in [0.05, 0.1) is 5.69 Å². The van der Waals surface area contributed by atoms with Crippen molar-refractivity contribution in [2.24, 2.45) is 0 Å². The van der Waals surface area contributed by atoms with Gasteiger partial charge in [0.15, 0.2) is 0 Å². The van der Waals surface area contributed by atoms with Crippen LogP contribution in [-0.2, 0) is 13.0 Å². The van der Waals surface area contributed by atoms with Crippen molar-refractivity contribution < 1.29 is 9.50 Å². The van der Waals surface area contributed by atoms with Crippen molar-refractivity contribution in [2.45, 2.75) is 38.9 Å². The van der Waals surface area contributed by atoms with Gasteiger partial charge in [-0.2, -0.15) is 0 Å². The van der Waals surface area contributed by atoms with Gasteiger partial charge in [-0.3, -0.25) is 4.90 Å². The Morgan fingerprint density at radius 1 is 1.16 bits per heavy atom. The Morgan fingerprint density at radius 3 is 2.88 bits per heavy atom. The minimum Gasteiger partial charge on any atom is -0.508 e. The Labute approximate surface area is 188 Å². The van der Waals surface area contributed by atoms with Crippen molar-refractivity contribution in [3.63, 3.8) is 0 Å². The number of aromatic hydroxyl groups is 1. The van der Waals surface area contributed by atoms with Crippen LogP contribution in [0.1, 0.15) is 25.0 Å². The first-order valence-electron chi connectivity index (χ1n) is 11.1. The number of nitrogens with zero attached hydrogens (tertiary/aromatic N) is 3. The van der Waals surface area contributed by atoms with E-state index < -0.39 is 0 Å². The summed E-state index contributed by atoms with van der Waals surface area (Å²) in [6, 6.07) is 15.0. The lowest BCUT2D eigenvalue weighted by Crippen LogP contribution is -2.53. The molecular weight excluding hydrogens is 405 g/mol. The summed E-state index contributed by atoms with van der Waals surface area (Å²) in [6.45, 7) is 7.70. The lowest BCUT2D eigenvalue weighted by atomic mass is 10.0. The average molecular weight is 436 g/mol. The smallest absolute Gasteiger partial charge is 0.223 e. The molecule has 2 aromatic carbocycles. The van der Waals surface area contributed by atoms with Crippen LogP contribution < -0.4 is 10.6 Å². The molecule has 0 unspecified atom stereocenters. The second kappa shape index (κ2) is 10.1. The van der Waals surface area contributed by atoms with E-state index in [9.17, 15) is 9.50 Å². The van der Waals surface area contributed by atoms with E-state index in [1.807, 2.05) is 24.3 Å². The van der Waals surface area contributed by atoms with Gasteiger partial charge in [-0.15, -0.1) is 0 Å². The van der Waals surface area contributed by atoms with Gasteiger partial charge in [-0.1, -0.05) is 18.2 Å². The average Bonchev–Trinajstić information content (AvgIpc) is 2.78. The molecular formula is C25H30FN5O. The summed E-state index contributed by atoms with van der Waals surface area (Å²) in [7, 11) is 0. The van der Waals surface area contributed by atoms with Crippen molar-refractivity contribution >= 4 is 5.95 Å². The van der Waals surface area contributed by atoms with Crippen molar-refractivity contribution in [2.75, 3.05) is 25.0 Å². The van der Waals surface area contributed by atoms with Gasteiger partial charge in [-0.25, -0.2) is 14.4 Å². The molecule has 1 aliphatic rings. The highest BCUT2D eigenvalue weighted by molar-refractivity contribution is 5.61. The molecule has 1 saturated heterocycles. The molecule has 0 aliphatic carbocycles. The van der Waals surface area contributed by atoms with E-state index >= 15 is 0 Å². The van der Waals surface area contributed by atoms with E-state index in [4.69, 9.17) is 0 Å². The highest BCUT2D eigenvalue weighted by atomic mass is 19.1. The number of piperazine rings is 1. The SMILES string of the molecule is C[C@@H]1CN(Cc2ccc(F)c(-c3ccnc(NCCc4cccc(O)c4)n3)c2)[C@@H](C)CN1. The second-order valence-corrected chi connectivity index (χ2v) is 8.51. The summed E-state index contributed by atoms with van der Waals surface area (Å²) >= 11 is 0. The number of benzene rings is 2. The zero-order valence-electron chi connectivity index (χ0n) is 18.6. The Kier molecular flexibility index (Phi) is 6.97. The molecule has 3 N–H and O–H groups in total. The van der Waals surface area contributed by atoms with Gasteiger partial charge in [0, 0.05) is 50.0 Å². The fourth-order valence-electron chi connectivity index (χ4n) is 4.04. The Hall–Kier alpha value is -3.03. The largest absolute Gasteiger partial charge is 0.508 e. The molecule has 1 aromatic heterocycles. The van der Waals surface area contributed by atoms with E-state index in [1.165, 1.54) is 6.07 Å². The summed E-state index contributed by atoms with van der Waals surface area (Å²) in [4.78, 5) is 11.2. The molecule has 0 saturated carbocycles. The van der Waals surface area contributed by atoms with Crippen molar-refractivity contribution in [1.29, 1.82) is 0 Å². The molecule has 0 radical (unpaired) electrons. The third-order valence-electron chi connectivity index (χ3n) is 5.85. The van der Waals surface area contributed by atoms with Gasteiger partial charge in [0.1, 0.15) is 11.6 Å². The minimum atomic E-state index is -0.292. The van der Waals surface area contributed by atoms with Gasteiger partial charge in [-0.05, 0) is 61.7 Å².